The summed E-state index contributed by atoms with van der Waals surface area (Å²) < 4.78 is 0. The number of hydrogen-bond donors (Lipinski definition) is 1. The maximum absolute atomic E-state index is 13.0. The van der Waals surface area contributed by atoms with Gasteiger partial charge in [-0.15, -0.1) is 0 Å². The van der Waals surface area contributed by atoms with E-state index in [4.69, 9.17) is 0 Å². The Kier molecular flexibility index (Phi) is 4.98. The molecule has 3 nitrogen and oxygen atoms in total. The lowest BCUT2D eigenvalue weighted by Gasteiger charge is -2.38. The summed E-state index contributed by atoms with van der Waals surface area (Å²) in [6.45, 7) is 10.3. The Morgan fingerprint density at radius 3 is 2.17 bits per heavy atom. The first kappa shape index (κ1) is 17.7. The quantitative estimate of drug-likeness (QED) is 0.845. The number of benzene rings is 1. The van der Waals surface area contributed by atoms with Gasteiger partial charge in [0.25, 0.3) is 0 Å². The lowest BCUT2D eigenvalue weighted by Crippen LogP contribution is -2.45. The molecule has 1 fully saturated rings. The van der Waals surface area contributed by atoms with E-state index in [1.807, 2.05) is 20.8 Å². The number of carboxylic acid groups (broad SMARTS) is 1. The van der Waals surface area contributed by atoms with Crippen LogP contribution in [0.2, 0.25) is 0 Å². The lowest BCUT2D eigenvalue weighted by molar-refractivity contribution is -0.159. The van der Waals surface area contributed by atoms with Crippen molar-refractivity contribution in [3.05, 3.63) is 34.4 Å². The first-order valence-corrected chi connectivity index (χ1v) is 8.51. The molecule has 0 aliphatic heterocycles. The van der Waals surface area contributed by atoms with Gasteiger partial charge < -0.3 is 5.11 Å². The summed E-state index contributed by atoms with van der Waals surface area (Å²) in [7, 11) is 0. The zero-order valence-corrected chi connectivity index (χ0v) is 14.9. The predicted octanol–water partition coefficient (Wildman–Crippen LogP) is 4.25. The van der Waals surface area contributed by atoms with E-state index in [9.17, 15) is 14.7 Å². The normalized spacial score (nSPS) is 27.7. The van der Waals surface area contributed by atoms with Crippen molar-refractivity contribution in [1.29, 1.82) is 0 Å². The van der Waals surface area contributed by atoms with Crippen LogP contribution < -0.4 is 0 Å². The molecule has 1 N–H and O–H groups in total. The average molecular weight is 316 g/mol. The van der Waals surface area contributed by atoms with Crippen LogP contribution in [-0.4, -0.2) is 16.9 Å². The highest BCUT2D eigenvalue weighted by atomic mass is 16.4. The van der Waals surface area contributed by atoms with E-state index in [0.717, 1.165) is 23.1 Å². The molecular formula is C20H28O3. The van der Waals surface area contributed by atoms with Crippen molar-refractivity contribution in [2.45, 2.75) is 60.3 Å². The van der Waals surface area contributed by atoms with Crippen molar-refractivity contribution in [2.24, 2.45) is 17.3 Å². The molecule has 1 saturated carbocycles. The number of carbonyl (C=O) groups is 2. The van der Waals surface area contributed by atoms with Crippen molar-refractivity contribution < 1.29 is 14.7 Å². The summed E-state index contributed by atoms with van der Waals surface area (Å²) in [4.78, 5) is 25.0. The predicted molar refractivity (Wildman–Crippen MR) is 91.6 cm³/mol. The monoisotopic (exact) mass is 316 g/mol. The van der Waals surface area contributed by atoms with Gasteiger partial charge in [0.1, 0.15) is 5.41 Å². The minimum Gasteiger partial charge on any atom is -0.480 e. The largest absolute Gasteiger partial charge is 0.480 e. The van der Waals surface area contributed by atoms with Gasteiger partial charge in [-0.25, -0.2) is 0 Å². The first-order valence-electron chi connectivity index (χ1n) is 8.51. The molecule has 0 bridgehead atoms. The van der Waals surface area contributed by atoms with Gasteiger partial charge >= 0.3 is 5.97 Å². The smallest absolute Gasteiger partial charge is 0.317 e. The second-order valence-corrected chi connectivity index (χ2v) is 7.56. The number of hydrogen-bond acceptors (Lipinski definition) is 2. The topological polar surface area (TPSA) is 54.4 Å². The summed E-state index contributed by atoms with van der Waals surface area (Å²) in [6.07, 6.45) is 1.97. The number of Topliss-reactive ketones (excluding diaryl/α,β-unsaturated/α-hetero) is 1. The molecule has 0 amide bonds. The molecule has 1 aromatic rings. The van der Waals surface area contributed by atoms with Crippen LogP contribution in [0.15, 0.2) is 12.1 Å². The molecule has 0 radical (unpaired) electrons. The molecule has 1 aliphatic rings. The summed E-state index contributed by atoms with van der Waals surface area (Å²) in [5.74, 6) is -0.315. The molecule has 0 saturated heterocycles. The van der Waals surface area contributed by atoms with Crippen molar-refractivity contribution in [3.8, 4) is 0 Å². The Morgan fingerprint density at radius 1 is 1.13 bits per heavy atom. The second-order valence-electron chi connectivity index (χ2n) is 7.56. The van der Waals surface area contributed by atoms with Crippen LogP contribution in [0.4, 0.5) is 0 Å². The highest BCUT2D eigenvalue weighted by Gasteiger charge is 2.49. The van der Waals surface area contributed by atoms with Gasteiger partial charge in [0.15, 0.2) is 5.78 Å². The highest BCUT2D eigenvalue weighted by Crippen LogP contribution is 2.44. The van der Waals surface area contributed by atoms with Crippen molar-refractivity contribution in [2.75, 3.05) is 0 Å². The SMILES string of the molecule is Cc1cc(C)c(CC(=O)C2(C(=O)O)CCC(C)C(C)C2)c(C)c1. The zero-order chi connectivity index (χ0) is 17.4. The van der Waals surface area contributed by atoms with Crippen LogP contribution in [0.25, 0.3) is 0 Å². The molecule has 1 aliphatic carbocycles. The fraction of sp³-hybridized carbons (Fsp3) is 0.600. The summed E-state index contributed by atoms with van der Waals surface area (Å²) in [6, 6.07) is 4.13. The van der Waals surface area contributed by atoms with Crippen molar-refractivity contribution in [1.82, 2.24) is 0 Å². The maximum atomic E-state index is 13.0. The van der Waals surface area contributed by atoms with Crippen molar-refractivity contribution in [3.63, 3.8) is 0 Å². The highest BCUT2D eigenvalue weighted by molar-refractivity contribution is 6.04. The number of rotatable bonds is 4. The minimum absolute atomic E-state index is 0.126. The van der Waals surface area contributed by atoms with Crippen LogP contribution in [-0.2, 0) is 16.0 Å². The molecular weight excluding hydrogens is 288 g/mol. The van der Waals surface area contributed by atoms with Gasteiger partial charge in [-0.05, 0) is 68.6 Å². The number of aliphatic carboxylic acids is 1. The van der Waals surface area contributed by atoms with Crippen LogP contribution in [0.3, 0.4) is 0 Å². The molecule has 3 unspecified atom stereocenters. The van der Waals surface area contributed by atoms with Crippen LogP contribution >= 0.6 is 0 Å². The Balaban J connectivity index is 2.32. The second kappa shape index (κ2) is 6.46. The molecule has 2 rings (SSSR count). The Labute approximate surface area is 139 Å². The third-order valence-corrected chi connectivity index (χ3v) is 5.79. The van der Waals surface area contributed by atoms with Gasteiger partial charge in [0.05, 0.1) is 0 Å². The Morgan fingerprint density at radius 2 is 1.70 bits per heavy atom. The molecule has 3 heteroatoms. The molecule has 0 spiro atoms. The fourth-order valence-corrected chi connectivity index (χ4v) is 4.00. The molecule has 126 valence electrons. The van der Waals surface area contributed by atoms with Gasteiger partial charge in [0.2, 0.25) is 0 Å². The van der Waals surface area contributed by atoms with Gasteiger partial charge in [-0.3, -0.25) is 9.59 Å². The summed E-state index contributed by atoms with van der Waals surface area (Å²) in [5, 5.41) is 9.80. The molecule has 23 heavy (non-hydrogen) atoms. The molecule has 0 aromatic heterocycles. The lowest BCUT2D eigenvalue weighted by atomic mass is 9.63. The van der Waals surface area contributed by atoms with E-state index in [0.29, 0.717) is 18.8 Å². The standard InChI is InChI=1S/C20H28O3/c1-12-8-14(3)17(15(4)9-12)10-18(21)20(19(22)23)7-6-13(2)16(5)11-20/h8-9,13,16H,6-7,10-11H2,1-5H3,(H,22,23). The summed E-state index contributed by atoms with van der Waals surface area (Å²) >= 11 is 0. The number of carbonyl (C=O) groups excluding carboxylic acids is 1. The van der Waals surface area contributed by atoms with E-state index in [1.165, 1.54) is 5.56 Å². The van der Waals surface area contributed by atoms with Crippen molar-refractivity contribution >= 4 is 11.8 Å². The van der Waals surface area contributed by atoms with Crippen LogP contribution in [0.1, 0.15) is 55.4 Å². The summed E-state index contributed by atoms with van der Waals surface area (Å²) in [5.41, 5.74) is 3.12. The van der Waals surface area contributed by atoms with Crippen LogP contribution in [0, 0.1) is 38.0 Å². The number of ketones is 1. The zero-order valence-electron chi connectivity index (χ0n) is 14.9. The first-order chi connectivity index (χ1) is 10.7. The van der Waals surface area contributed by atoms with Gasteiger partial charge in [-0.1, -0.05) is 31.5 Å². The Hall–Kier alpha value is -1.64. The third kappa shape index (κ3) is 3.34. The maximum Gasteiger partial charge on any atom is 0.317 e. The van der Waals surface area contributed by atoms with E-state index in [-0.39, 0.29) is 18.1 Å². The van der Waals surface area contributed by atoms with E-state index < -0.39 is 11.4 Å². The fourth-order valence-electron chi connectivity index (χ4n) is 4.00. The van der Waals surface area contributed by atoms with Gasteiger partial charge in [-0.2, -0.15) is 0 Å². The minimum atomic E-state index is -1.20. The molecule has 1 aromatic carbocycles. The van der Waals surface area contributed by atoms with E-state index in [1.54, 1.807) is 0 Å². The Bertz CT molecular complexity index is 609. The van der Waals surface area contributed by atoms with Gasteiger partial charge in [0, 0.05) is 6.42 Å². The number of carboxylic acids is 1. The molecule has 3 atom stereocenters. The molecule has 0 heterocycles. The van der Waals surface area contributed by atoms with E-state index >= 15 is 0 Å². The average Bonchev–Trinajstić information content (AvgIpc) is 2.45. The number of aryl methyl sites for hydroxylation is 3. The van der Waals surface area contributed by atoms with Crippen LogP contribution in [0.5, 0.6) is 0 Å². The third-order valence-electron chi connectivity index (χ3n) is 5.79. The van der Waals surface area contributed by atoms with E-state index in [2.05, 4.69) is 26.0 Å².